The van der Waals surface area contributed by atoms with Gasteiger partial charge in [-0.15, -0.1) is 11.3 Å². The Morgan fingerprint density at radius 3 is 2.76 bits per heavy atom. The molecule has 1 spiro atoms. The van der Waals surface area contributed by atoms with Gasteiger partial charge in [-0.3, -0.25) is 14.4 Å². The number of hydrogen-bond acceptors (Lipinski definition) is 4. The van der Waals surface area contributed by atoms with Gasteiger partial charge in [0.15, 0.2) is 0 Å². The quantitative estimate of drug-likeness (QED) is 0.500. The van der Waals surface area contributed by atoms with E-state index in [2.05, 4.69) is 10.6 Å². The van der Waals surface area contributed by atoms with Gasteiger partial charge in [-0.2, -0.15) is 0 Å². The first-order valence-electron chi connectivity index (χ1n) is 12.6. The van der Waals surface area contributed by atoms with Gasteiger partial charge in [0.05, 0.1) is 10.3 Å². The second kappa shape index (κ2) is 8.62. The highest BCUT2D eigenvalue weighted by molar-refractivity contribution is 7.21. The monoisotopic (exact) mass is 523 g/mol. The average Bonchev–Trinajstić information content (AvgIpc) is 3.43. The van der Waals surface area contributed by atoms with Crippen molar-refractivity contribution in [1.29, 1.82) is 0 Å². The zero-order valence-electron chi connectivity index (χ0n) is 20.6. The summed E-state index contributed by atoms with van der Waals surface area (Å²) in [6.07, 6.45) is 2.89. The summed E-state index contributed by atoms with van der Waals surface area (Å²) in [5.41, 5.74) is 0.691. The van der Waals surface area contributed by atoms with Gasteiger partial charge in [0.25, 0.3) is 5.91 Å². The number of halogens is 2. The van der Waals surface area contributed by atoms with Crippen LogP contribution in [0, 0.1) is 24.5 Å². The zero-order valence-corrected chi connectivity index (χ0v) is 21.4. The lowest BCUT2D eigenvalue weighted by molar-refractivity contribution is -0.134. The number of anilines is 1. The van der Waals surface area contributed by atoms with Crippen LogP contribution in [0.1, 0.15) is 53.4 Å². The highest BCUT2D eigenvalue weighted by atomic mass is 32.1. The minimum atomic E-state index is -1.01. The van der Waals surface area contributed by atoms with E-state index in [4.69, 9.17) is 0 Å². The number of aryl methyl sites for hydroxylation is 1. The molecule has 0 bridgehead atoms. The second-order valence-corrected chi connectivity index (χ2v) is 11.7. The van der Waals surface area contributed by atoms with Crippen molar-refractivity contribution >= 4 is 44.8 Å². The molecule has 1 aliphatic carbocycles. The molecule has 3 aromatic rings. The first-order chi connectivity index (χ1) is 17.7. The van der Waals surface area contributed by atoms with Gasteiger partial charge >= 0.3 is 0 Å². The molecule has 1 saturated heterocycles. The Bertz CT molecular complexity index is 1470. The number of thiophene rings is 1. The smallest absolute Gasteiger partial charge is 0.262 e. The summed E-state index contributed by atoms with van der Waals surface area (Å²) in [7, 11) is 0. The summed E-state index contributed by atoms with van der Waals surface area (Å²) in [4.78, 5) is 42.4. The number of hydrogen-bond donors (Lipinski definition) is 2. The maximum atomic E-state index is 14.4. The molecule has 6 rings (SSSR count). The molecular weight excluding hydrogens is 496 g/mol. The Labute approximate surface area is 217 Å². The van der Waals surface area contributed by atoms with Crippen molar-refractivity contribution in [3.05, 3.63) is 64.0 Å². The van der Waals surface area contributed by atoms with Crippen molar-refractivity contribution in [1.82, 2.24) is 10.2 Å². The molecule has 2 fully saturated rings. The van der Waals surface area contributed by atoms with Gasteiger partial charge in [0.2, 0.25) is 11.8 Å². The summed E-state index contributed by atoms with van der Waals surface area (Å²) in [5.74, 6) is -1.33. The lowest BCUT2D eigenvalue weighted by Gasteiger charge is -2.28. The molecule has 37 heavy (non-hydrogen) atoms. The van der Waals surface area contributed by atoms with E-state index in [0.29, 0.717) is 50.5 Å². The number of fused-ring (bicyclic) bond motifs is 3. The van der Waals surface area contributed by atoms with Crippen LogP contribution in [0.3, 0.4) is 0 Å². The molecule has 6 nitrogen and oxygen atoms in total. The van der Waals surface area contributed by atoms with Crippen LogP contribution in [-0.2, 0) is 15.0 Å². The Hall–Kier alpha value is -3.33. The number of likely N-dealkylation sites (tertiary alicyclic amines) is 1. The number of amides is 3. The van der Waals surface area contributed by atoms with Gasteiger partial charge in [-0.25, -0.2) is 8.78 Å². The third-order valence-corrected chi connectivity index (χ3v) is 9.31. The fourth-order valence-corrected chi connectivity index (χ4v) is 7.09. The van der Waals surface area contributed by atoms with E-state index in [9.17, 15) is 23.2 Å². The normalized spacial score (nSPS) is 23.4. The molecule has 2 aromatic carbocycles. The molecular formula is C28H27F2N3O3S. The summed E-state index contributed by atoms with van der Waals surface area (Å²) < 4.78 is 29.2. The first-order valence-corrected chi connectivity index (χ1v) is 13.4. The van der Waals surface area contributed by atoms with Crippen LogP contribution in [-0.4, -0.2) is 41.2 Å². The molecule has 3 aliphatic rings. The molecule has 1 aromatic heterocycles. The predicted molar refractivity (Wildman–Crippen MR) is 138 cm³/mol. The topological polar surface area (TPSA) is 78.5 Å². The van der Waals surface area contributed by atoms with E-state index in [1.165, 1.54) is 29.5 Å². The fraction of sp³-hybridized carbons (Fsp3) is 0.393. The van der Waals surface area contributed by atoms with Gasteiger partial charge in [0.1, 0.15) is 17.7 Å². The maximum absolute atomic E-state index is 14.4. The molecule has 2 aliphatic heterocycles. The van der Waals surface area contributed by atoms with Crippen LogP contribution in [0.4, 0.5) is 14.5 Å². The third-order valence-electron chi connectivity index (χ3n) is 8.06. The van der Waals surface area contributed by atoms with E-state index in [-0.39, 0.29) is 30.2 Å². The minimum absolute atomic E-state index is 0.124. The highest BCUT2D eigenvalue weighted by Gasteiger charge is 2.55. The molecule has 192 valence electrons. The number of carbonyl (C=O) groups excluding carboxylic acids is 3. The molecule has 1 saturated carbocycles. The summed E-state index contributed by atoms with van der Waals surface area (Å²) in [6.45, 7) is 3.72. The summed E-state index contributed by atoms with van der Waals surface area (Å²) in [5, 5.41) is 6.21. The van der Waals surface area contributed by atoms with Crippen LogP contribution in [0.15, 0.2) is 36.4 Å². The van der Waals surface area contributed by atoms with E-state index >= 15 is 0 Å². The zero-order chi connectivity index (χ0) is 26.1. The lowest BCUT2D eigenvalue weighted by atomic mass is 9.80. The van der Waals surface area contributed by atoms with Crippen molar-refractivity contribution in [2.75, 3.05) is 11.9 Å². The largest absolute Gasteiger partial charge is 0.340 e. The van der Waals surface area contributed by atoms with E-state index in [1.807, 2.05) is 6.92 Å². The van der Waals surface area contributed by atoms with Gasteiger partial charge in [0, 0.05) is 28.4 Å². The Morgan fingerprint density at radius 1 is 1.24 bits per heavy atom. The van der Waals surface area contributed by atoms with Gasteiger partial charge in [-0.1, -0.05) is 18.9 Å². The third kappa shape index (κ3) is 3.91. The van der Waals surface area contributed by atoms with E-state index in [0.717, 1.165) is 12.8 Å². The van der Waals surface area contributed by atoms with Crippen LogP contribution in [0.2, 0.25) is 0 Å². The molecule has 3 heterocycles. The number of benzene rings is 2. The molecule has 9 heteroatoms. The number of carbonyl (C=O) groups is 3. The van der Waals surface area contributed by atoms with Crippen molar-refractivity contribution < 1.29 is 23.2 Å². The van der Waals surface area contributed by atoms with Crippen molar-refractivity contribution in [3.63, 3.8) is 0 Å². The predicted octanol–water partition coefficient (Wildman–Crippen LogP) is 4.90. The Morgan fingerprint density at radius 2 is 2.03 bits per heavy atom. The number of nitrogens with zero attached hydrogens (tertiary/aromatic N) is 1. The van der Waals surface area contributed by atoms with Crippen LogP contribution in [0.25, 0.3) is 10.1 Å². The standard InChI is InChI=1S/C28H27F2N3O3S/c1-14-12-28(18-11-17(29)8-9-20(18)32-27(28)36)13-33(14)26(35)21(10-16-6-7-16)31-25(34)24-15(2)23-19(30)4-3-5-22(23)37-24/h3-5,8-9,11,14,16,21H,6-7,10,12-13H2,1-2H3,(H,31,34)(H,32,36)/t14-,21+,28+/m1/s1. The van der Waals surface area contributed by atoms with Gasteiger partial charge in [-0.05, 0) is 74.1 Å². The van der Waals surface area contributed by atoms with Crippen LogP contribution >= 0.6 is 11.3 Å². The Kier molecular flexibility index (Phi) is 5.60. The lowest BCUT2D eigenvalue weighted by Crippen LogP contribution is -2.50. The molecule has 3 atom stereocenters. The van der Waals surface area contributed by atoms with E-state index < -0.39 is 23.2 Å². The Balaban J connectivity index is 1.27. The fourth-order valence-electron chi connectivity index (χ4n) is 5.97. The van der Waals surface area contributed by atoms with Crippen molar-refractivity contribution in [2.24, 2.45) is 5.92 Å². The summed E-state index contributed by atoms with van der Waals surface area (Å²) >= 11 is 1.21. The summed E-state index contributed by atoms with van der Waals surface area (Å²) in [6, 6.07) is 7.97. The van der Waals surface area contributed by atoms with Crippen LogP contribution < -0.4 is 10.6 Å². The number of nitrogens with one attached hydrogen (secondary N) is 2. The molecule has 2 N–H and O–H groups in total. The second-order valence-electron chi connectivity index (χ2n) is 10.6. The molecule has 3 amide bonds. The highest BCUT2D eigenvalue weighted by Crippen LogP contribution is 2.47. The minimum Gasteiger partial charge on any atom is -0.340 e. The average molecular weight is 524 g/mol. The number of rotatable bonds is 5. The van der Waals surface area contributed by atoms with Crippen molar-refractivity contribution in [3.8, 4) is 0 Å². The van der Waals surface area contributed by atoms with Crippen molar-refractivity contribution in [2.45, 2.75) is 57.0 Å². The maximum Gasteiger partial charge on any atom is 0.262 e. The van der Waals surface area contributed by atoms with Crippen LogP contribution in [0.5, 0.6) is 0 Å². The molecule has 0 radical (unpaired) electrons. The van der Waals surface area contributed by atoms with E-state index in [1.54, 1.807) is 30.0 Å². The first kappa shape index (κ1) is 24.0. The van der Waals surface area contributed by atoms with Gasteiger partial charge < -0.3 is 15.5 Å². The SMILES string of the molecule is Cc1c(C(=O)N[C@@H](CC2CC2)C(=O)N2C[C@]3(C[C@H]2C)C(=O)Nc2ccc(F)cc23)sc2cccc(F)c12. The molecule has 0 unspecified atom stereocenters.